The molecular weight excluding hydrogens is 462 g/mol. The molecule has 7 nitrogen and oxygen atoms in total. The van der Waals surface area contributed by atoms with Crippen LogP contribution in [0.25, 0.3) is 39.2 Å². The molecule has 1 aliphatic carbocycles. The summed E-state index contributed by atoms with van der Waals surface area (Å²) >= 11 is 0. The molecule has 1 aliphatic rings. The number of hydrogen-bond donors (Lipinski definition) is 1. The molecule has 0 unspecified atom stereocenters. The lowest BCUT2D eigenvalue weighted by Crippen LogP contribution is -2.20. The summed E-state index contributed by atoms with van der Waals surface area (Å²) in [6, 6.07) is 12.6. The molecule has 0 bridgehead atoms. The average molecular weight is 482 g/mol. The van der Waals surface area contributed by atoms with E-state index < -0.39 is 6.55 Å². The molecule has 1 aromatic carbocycles. The van der Waals surface area contributed by atoms with Crippen molar-refractivity contribution in [1.29, 1.82) is 5.26 Å². The number of aryl methyl sites for hydroxylation is 1. The van der Waals surface area contributed by atoms with E-state index >= 15 is 0 Å². The molecule has 0 spiro atoms. The molecule has 1 saturated carbocycles. The molecule has 0 saturated heterocycles. The number of nitrogens with one attached hydrogen (secondary N) is 1. The van der Waals surface area contributed by atoms with Crippen LogP contribution in [-0.4, -0.2) is 24.1 Å². The van der Waals surface area contributed by atoms with E-state index in [0.717, 1.165) is 34.1 Å². The van der Waals surface area contributed by atoms with E-state index in [1.54, 1.807) is 36.7 Å². The summed E-state index contributed by atoms with van der Waals surface area (Å²) in [4.78, 5) is 25.3. The Hall–Kier alpha value is -4.58. The van der Waals surface area contributed by atoms with Gasteiger partial charge in [-0.2, -0.15) is 14.0 Å². The van der Waals surface area contributed by atoms with Crippen LogP contribution in [0.5, 0.6) is 0 Å². The molecule has 0 aliphatic heterocycles. The van der Waals surface area contributed by atoms with Gasteiger partial charge in [-0.15, -0.1) is 0 Å². The summed E-state index contributed by atoms with van der Waals surface area (Å²) in [5, 5.41) is 10.3. The standard InChI is InChI=1S/C27H20F2N6O/c1-15-14-35(26(36)24-19(15)6-7-31-24)23-12-18(11-22(33-23)17-3-4-17)20-5-2-16(13-30)10-21(20)25-32-8-9-34(25)27(28)29/h2,5-12,14,17,27,31H,3-4H2,1H3. The summed E-state index contributed by atoms with van der Waals surface area (Å²) in [5.74, 6) is 0.787. The van der Waals surface area contributed by atoms with E-state index in [1.165, 1.54) is 17.0 Å². The van der Waals surface area contributed by atoms with Gasteiger partial charge in [-0.1, -0.05) is 6.07 Å². The van der Waals surface area contributed by atoms with Crippen LogP contribution >= 0.6 is 0 Å². The minimum Gasteiger partial charge on any atom is -0.357 e. The van der Waals surface area contributed by atoms with Gasteiger partial charge in [0.2, 0.25) is 0 Å². The molecule has 6 rings (SSSR count). The molecule has 0 atom stereocenters. The number of pyridine rings is 2. The van der Waals surface area contributed by atoms with Gasteiger partial charge in [-0.3, -0.25) is 13.9 Å². The van der Waals surface area contributed by atoms with Crippen molar-refractivity contribution in [3.63, 3.8) is 0 Å². The number of rotatable bonds is 5. The highest BCUT2D eigenvalue weighted by molar-refractivity contribution is 5.84. The number of imidazole rings is 1. The molecule has 0 radical (unpaired) electrons. The van der Waals surface area contributed by atoms with Gasteiger partial charge in [0.15, 0.2) is 0 Å². The molecule has 178 valence electrons. The van der Waals surface area contributed by atoms with E-state index in [4.69, 9.17) is 4.98 Å². The van der Waals surface area contributed by atoms with Crippen molar-refractivity contribution in [2.24, 2.45) is 0 Å². The number of fused-ring (bicyclic) bond motifs is 1. The summed E-state index contributed by atoms with van der Waals surface area (Å²) in [6.07, 6.45) is 8.02. The number of aromatic nitrogens is 5. The Kier molecular flexibility index (Phi) is 5.04. The summed E-state index contributed by atoms with van der Waals surface area (Å²) in [6.45, 7) is -0.856. The molecule has 36 heavy (non-hydrogen) atoms. The second-order valence-corrected chi connectivity index (χ2v) is 8.97. The zero-order valence-corrected chi connectivity index (χ0v) is 19.2. The van der Waals surface area contributed by atoms with Crippen LogP contribution in [0.15, 0.2) is 66.0 Å². The summed E-state index contributed by atoms with van der Waals surface area (Å²) < 4.78 is 29.7. The Morgan fingerprint density at radius 2 is 2.00 bits per heavy atom. The van der Waals surface area contributed by atoms with E-state index in [9.17, 15) is 18.8 Å². The second kappa shape index (κ2) is 8.27. The number of H-pyrrole nitrogens is 1. The summed E-state index contributed by atoms with van der Waals surface area (Å²) in [7, 11) is 0. The number of nitrogens with zero attached hydrogens (tertiary/aromatic N) is 5. The first-order valence-electron chi connectivity index (χ1n) is 11.5. The number of hydrogen-bond acceptors (Lipinski definition) is 4. The molecule has 4 heterocycles. The Morgan fingerprint density at radius 1 is 1.17 bits per heavy atom. The van der Waals surface area contributed by atoms with Crippen molar-refractivity contribution < 1.29 is 8.78 Å². The number of benzene rings is 1. The SMILES string of the molecule is Cc1cn(-c2cc(-c3ccc(C#N)cc3-c3nccn3C(F)F)cc(C3CC3)n2)c(=O)c2[nH]ccc12. The predicted molar refractivity (Wildman–Crippen MR) is 131 cm³/mol. The van der Waals surface area contributed by atoms with Gasteiger partial charge in [0.25, 0.3) is 5.56 Å². The molecule has 1 N–H and O–H groups in total. The van der Waals surface area contributed by atoms with Crippen molar-refractivity contribution in [2.45, 2.75) is 32.2 Å². The Labute approximate surface area is 204 Å². The molecule has 0 amide bonds. The van der Waals surface area contributed by atoms with E-state index in [0.29, 0.717) is 33.6 Å². The van der Waals surface area contributed by atoms with Crippen LogP contribution in [0.3, 0.4) is 0 Å². The third-order valence-electron chi connectivity index (χ3n) is 6.58. The monoisotopic (exact) mass is 482 g/mol. The predicted octanol–water partition coefficient (Wildman–Crippen LogP) is 5.70. The highest BCUT2D eigenvalue weighted by Crippen LogP contribution is 2.42. The van der Waals surface area contributed by atoms with Gasteiger partial charge >= 0.3 is 6.55 Å². The molecule has 5 aromatic rings. The lowest BCUT2D eigenvalue weighted by Gasteiger charge is -2.15. The van der Waals surface area contributed by atoms with Gasteiger partial charge in [0.05, 0.1) is 11.6 Å². The van der Waals surface area contributed by atoms with E-state index in [-0.39, 0.29) is 17.3 Å². The first-order chi connectivity index (χ1) is 17.4. The molecule has 1 fully saturated rings. The van der Waals surface area contributed by atoms with E-state index in [1.807, 2.05) is 19.1 Å². The second-order valence-electron chi connectivity index (χ2n) is 8.97. The smallest absolute Gasteiger partial charge is 0.320 e. The quantitative estimate of drug-likeness (QED) is 0.348. The van der Waals surface area contributed by atoms with E-state index in [2.05, 4.69) is 16.0 Å². The molecule has 9 heteroatoms. The minimum absolute atomic E-state index is 0.0595. The number of halogens is 2. The fourth-order valence-corrected chi connectivity index (χ4v) is 4.62. The molecular formula is C27H20F2N6O. The van der Waals surface area contributed by atoms with Crippen molar-refractivity contribution in [3.05, 3.63) is 88.4 Å². The lowest BCUT2D eigenvalue weighted by atomic mass is 9.96. The Morgan fingerprint density at radius 3 is 2.75 bits per heavy atom. The summed E-state index contributed by atoms with van der Waals surface area (Å²) in [5.41, 5.74) is 4.10. The maximum Gasteiger partial charge on any atom is 0.320 e. The fourth-order valence-electron chi connectivity index (χ4n) is 4.62. The van der Waals surface area contributed by atoms with Crippen LogP contribution in [-0.2, 0) is 0 Å². The van der Waals surface area contributed by atoms with Crippen molar-refractivity contribution in [3.8, 4) is 34.4 Å². The normalized spacial score (nSPS) is 13.4. The average Bonchev–Trinajstić information content (AvgIpc) is 3.39. The van der Waals surface area contributed by atoms with Crippen molar-refractivity contribution >= 4 is 10.9 Å². The fraction of sp³-hybridized carbons (Fsp3) is 0.185. The first kappa shape index (κ1) is 21.9. The third kappa shape index (κ3) is 3.58. The highest BCUT2D eigenvalue weighted by Gasteiger charge is 2.27. The van der Waals surface area contributed by atoms with Crippen molar-refractivity contribution in [2.75, 3.05) is 0 Å². The topological polar surface area (TPSA) is 92.3 Å². The van der Waals surface area contributed by atoms with Gasteiger partial charge in [-0.25, -0.2) is 9.97 Å². The Balaban J connectivity index is 1.60. The maximum absolute atomic E-state index is 13.7. The number of aromatic amines is 1. The van der Waals surface area contributed by atoms with Crippen LogP contribution < -0.4 is 5.56 Å². The lowest BCUT2D eigenvalue weighted by molar-refractivity contribution is 0.0720. The minimum atomic E-state index is -2.79. The third-order valence-corrected chi connectivity index (χ3v) is 6.58. The molecule has 4 aromatic heterocycles. The van der Waals surface area contributed by atoms with Crippen molar-refractivity contribution in [1.82, 2.24) is 24.1 Å². The van der Waals surface area contributed by atoms with Crippen LogP contribution in [0.1, 0.15) is 42.1 Å². The van der Waals surface area contributed by atoms with Crippen LogP contribution in [0, 0.1) is 18.3 Å². The van der Waals surface area contributed by atoms with Gasteiger partial charge in [-0.05, 0) is 66.8 Å². The highest BCUT2D eigenvalue weighted by atomic mass is 19.3. The van der Waals surface area contributed by atoms with Gasteiger partial charge in [0, 0.05) is 47.3 Å². The zero-order chi connectivity index (χ0) is 25.0. The number of nitriles is 1. The number of alkyl halides is 2. The van der Waals surface area contributed by atoms with Crippen LogP contribution in [0.4, 0.5) is 8.78 Å². The maximum atomic E-state index is 13.7. The largest absolute Gasteiger partial charge is 0.357 e. The Bertz CT molecular complexity index is 1740. The van der Waals surface area contributed by atoms with Crippen LogP contribution in [0.2, 0.25) is 0 Å². The van der Waals surface area contributed by atoms with Gasteiger partial charge in [0.1, 0.15) is 17.2 Å². The first-order valence-corrected chi connectivity index (χ1v) is 11.5. The zero-order valence-electron chi connectivity index (χ0n) is 19.2. The van der Waals surface area contributed by atoms with Gasteiger partial charge < -0.3 is 4.98 Å².